The van der Waals surface area contributed by atoms with Gasteiger partial charge in [-0.3, -0.25) is 0 Å². The third-order valence-electron chi connectivity index (χ3n) is 3.75. The molecule has 0 radical (unpaired) electrons. The molecule has 116 valence electrons. The van der Waals surface area contributed by atoms with E-state index in [2.05, 4.69) is 12.1 Å². The average Bonchev–Trinajstić information content (AvgIpc) is 2.61. The van der Waals surface area contributed by atoms with Crippen LogP contribution in [0.15, 0.2) is 66.7 Å². The van der Waals surface area contributed by atoms with Crippen LogP contribution in [0.4, 0.5) is 5.69 Å². The maximum atomic E-state index is 5.94. The summed E-state index contributed by atoms with van der Waals surface area (Å²) in [6.45, 7) is 0.499. The minimum Gasteiger partial charge on any atom is -0.431 e. The Kier molecular flexibility index (Phi) is 4.55. The maximum Gasteiger partial charge on any atom is 0.269 e. The van der Waals surface area contributed by atoms with E-state index in [0.717, 1.165) is 27.8 Å². The molecule has 0 fully saturated rings. The van der Waals surface area contributed by atoms with Crippen LogP contribution in [-0.4, -0.2) is 12.2 Å². The van der Waals surface area contributed by atoms with Gasteiger partial charge in [-0.05, 0) is 41.4 Å². The van der Waals surface area contributed by atoms with Crippen molar-refractivity contribution in [1.29, 1.82) is 0 Å². The molecule has 23 heavy (non-hydrogen) atoms. The Morgan fingerprint density at radius 1 is 1.04 bits per heavy atom. The molecule has 3 aromatic carbocycles. The summed E-state index contributed by atoms with van der Waals surface area (Å²) in [4.78, 5) is 1.84. The highest BCUT2D eigenvalue weighted by atomic mass is 32.1. The molecule has 0 atom stereocenters. The molecule has 3 nitrogen and oxygen atoms in total. The molecule has 3 rings (SSSR count). The van der Waals surface area contributed by atoms with Crippen molar-refractivity contribution in [1.82, 2.24) is 0 Å². The van der Waals surface area contributed by atoms with E-state index in [1.165, 1.54) is 0 Å². The van der Waals surface area contributed by atoms with Gasteiger partial charge in [0.05, 0.1) is 0 Å². The minimum atomic E-state index is 0.399. The van der Waals surface area contributed by atoms with Crippen LogP contribution >= 0.6 is 12.2 Å². The largest absolute Gasteiger partial charge is 0.431 e. The summed E-state index contributed by atoms with van der Waals surface area (Å²) in [7, 11) is 1.89. The summed E-state index contributed by atoms with van der Waals surface area (Å²) in [5.74, 6) is 0.759. The van der Waals surface area contributed by atoms with Gasteiger partial charge in [0.15, 0.2) is 0 Å². The number of benzene rings is 3. The van der Waals surface area contributed by atoms with E-state index < -0.39 is 0 Å². The summed E-state index contributed by atoms with van der Waals surface area (Å²) in [6, 6.07) is 22.0. The fraction of sp³-hybridized carbons (Fsp3) is 0.105. The van der Waals surface area contributed by atoms with Gasteiger partial charge in [0.25, 0.3) is 5.17 Å². The Bertz CT molecular complexity index is 842. The first-order chi connectivity index (χ1) is 11.2. The lowest BCUT2D eigenvalue weighted by Gasteiger charge is -2.21. The highest BCUT2D eigenvalue weighted by Gasteiger charge is 2.11. The molecule has 3 aromatic rings. The molecule has 2 N–H and O–H groups in total. The monoisotopic (exact) mass is 322 g/mol. The summed E-state index contributed by atoms with van der Waals surface area (Å²) in [6.07, 6.45) is 0. The molecule has 0 spiro atoms. The van der Waals surface area contributed by atoms with Crippen LogP contribution in [0.2, 0.25) is 0 Å². The Balaban J connectivity index is 1.85. The topological polar surface area (TPSA) is 38.5 Å². The molecule has 0 aliphatic heterocycles. The van der Waals surface area contributed by atoms with Crippen molar-refractivity contribution in [2.45, 2.75) is 6.54 Å². The van der Waals surface area contributed by atoms with Crippen molar-refractivity contribution >= 4 is 33.9 Å². The number of ether oxygens (including phenoxy) is 1. The zero-order chi connectivity index (χ0) is 16.2. The number of rotatable bonds is 3. The van der Waals surface area contributed by atoms with Gasteiger partial charge in [0, 0.05) is 24.7 Å². The van der Waals surface area contributed by atoms with Gasteiger partial charge in [-0.15, -0.1) is 0 Å². The van der Waals surface area contributed by atoms with Crippen LogP contribution < -0.4 is 15.4 Å². The van der Waals surface area contributed by atoms with E-state index in [4.69, 9.17) is 22.7 Å². The molecule has 0 heterocycles. The second-order valence-corrected chi connectivity index (χ2v) is 5.63. The smallest absolute Gasteiger partial charge is 0.269 e. The van der Waals surface area contributed by atoms with Gasteiger partial charge in [0.2, 0.25) is 0 Å². The lowest BCUT2D eigenvalue weighted by atomic mass is 10.1. The third-order valence-corrected chi connectivity index (χ3v) is 4.11. The highest BCUT2D eigenvalue weighted by molar-refractivity contribution is 7.80. The molecular weight excluding hydrogens is 304 g/mol. The van der Waals surface area contributed by atoms with Gasteiger partial charge in [-0.1, -0.05) is 48.5 Å². The molecule has 4 heteroatoms. The van der Waals surface area contributed by atoms with Crippen molar-refractivity contribution in [3.63, 3.8) is 0 Å². The fourth-order valence-corrected chi connectivity index (χ4v) is 2.64. The highest BCUT2D eigenvalue weighted by Crippen LogP contribution is 2.26. The molecule has 0 aromatic heterocycles. The molecule has 0 aliphatic carbocycles. The Labute approximate surface area is 141 Å². The number of thiocarbonyl (C=S) groups is 1. The zero-order valence-electron chi connectivity index (χ0n) is 12.9. The van der Waals surface area contributed by atoms with Gasteiger partial charge in [0.1, 0.15) is 5.75 Å². The summed E-state index contributed by atoms with van der Waals surface area (Å²) in [5.41, 5.74) is 7.71. The number of anilines is 1. The minimum absolute atomic E-state index is 0.399. The van der Waals surface area contributed by atoms with Gasteiger partial charge >= 0.3 is 0 Å². The number of nitrogens with zero attached hydrogens (tertiary/aromatic N) is 1. The van der Waals surface area contributed by atoms with E-state index in [-0.39, 0.29) is 0 Å². The number of hydrogen-bond acceptors (Lipinski definition) is 3. The molecule has 0 unspecified atom stereocenters. The van der Waals surface area contributed by atoms with Crippen LogP contribution in [0.3, 0.4) is 0 Å². The quantitative estimate of drug-likeness (QED) is 0.737. The number of hydrogen-bond donors (Lipinski definition) is 1. The molecule has 0 saturated heterocycles. The van der Waals surface area contributed by atoms with E-state index in [1.807, 2.05) is 66.5 Å². The van der Waals surface area contributed by atoms with E-state index in [0.29, 0.717) is 11.7 Å². The first kappa shape index (κ1) is 15.5. The van der Waals surface area contributed by atoms with Crippen LogP contribution in [-0.2, 0) is 6.54 Å². The fourth-order valence-electron chi connectivity index (χ4n) is 2.44. The van der Waals surface area contributed by atoms with Crippen molar-refractivity contribution in [3.05, 3.63) is 72.3 Å². The van der Waals surface area contributed by atoms with E-state index in [9.17, 15) is 0 Å². The van der Waals surface area contributed by atoms with Gasteiger partial charge in [-0.2, -0.15) is 0 Å². The molecular formula is C19H18N2OS. The van der Waals surface area contributed by atoms with E-state index >= 15 is 0 Å². The lowest BCUT2D eigenvalue weighted by molar-refractivity contribution is 0.558. The van der Waals surface area contributed by atoms with Crippen molar-refractivity contribution in [2.75, 3.05) is 11.9 Å². The van der Waals surface area contributed by atoms with Crippen molar-refractivity contribution in [3.8, 4) is 5.75 Å². The second kappa shape index (κ2) is 6.77. The van der Waals surface area contributed by atoms with Crippen LogP contribution in [0, 0.1) is 0 Å². The normalized spacial score (nSPS) is 10.5. The number of nitrogens with two attached hydrogens (primary N) is 1. The van der Waals surface area contributed by atoms with Crippen LogP contribution in [0.25, 0.3) is 10.8 Å². The predicted octanol–water partition coefficient (Wildman–Crippen LogP) is 4.10. The van der Waals surface area contributed by atoms with Crippen molar-refractivity contribution < 1.29 is 4.74 Å². The van der Waals surface area contributed by atoms with Crippen LogP contribution in [0.5, 0.6) is 5.75 Å². The lowest BCUT2D eigenvalue weighted by Crippen LogP contribution is -2.29. The summed E-state index contributed by atoms with van der Waals surface area (Å²) < 4.78 is 5.94. The van der Waals surface area contributed by atoms with Gasteiger partial charge in [-0.25, -0.2) is 0 Å². The number of fused-ring (bicyclic) bond motifs is 1. The first-order valence-corrected chi connectivity index (χ1v) is 7.82. The van der Waals surface area contributed by atoms with E-state index in [1.54, 1.807) is 0 Å². The predicted molar refractivity (Wildman–Crippen MR) is 99.9 cm³/mol. The van der Waals surface area contributed by atoms with Crippen LogP contribution in [0.1, 0.15) is 5.56 Å². The van der Waals surface area contributed by atoms with Gasteiger partial charge < -0.3 is 15.4 Å². The molecule has 0 amide bonds. The second-order valence-electron chi connectivity index (χ2n) is 5.28. The third kappa shape index (κ3) is 3.33. The SMILES string of the molecule is CN(C(=S)Oc1cccc2ccccc12)c1cccc(CN)c1. The zero-order valence-corrected chi connectivity index (χ0v) is 13.7. The Morgan fingerprint density at radius 3 is 2.61 bits per heavy atom. The Hall–Kier alpha value is -2.43. The maximum absolute atomic E-state index is 5.94. The first-order valence-electron chi connectivity index (χ1n) is 7.41. The standard InChI is InChI=1S/C19H18N2OS/c1-21(16-9-4-6-14(12-16)13-20)19(23)22-18-11-5-8-15-7-2-3-10-17(15)18/h2-12H,13,20H2,1H3. The van der Waals surface area contributed by atoms with Crippen molar-refractivity contribution in [2.24, 2.45) is 5.73 Å². The average molecular weight is 322 g/mol. The summed E-state index contributed by atoms with van der Waals surface area (Å²) in [5, 5.41) is 2.57. The molecule has 0 bridgehead atoms. The summed E-state index contributed by atoms with van der Waals surface area (Å²) >= 11 is 5.46. The molecule has 0 aliphatic rings. The molecule has 0 saturated carbocycles. The Morgan fingerprint density at radius 2 is 1.78 bits per heavy atom.